The zero-order valence-corrected chi connectivity index (χ0v) is 17.7. The Morgan fingerprint density at radius 3 is 2.83 bits per heavy atom. The summed E-state index contributed by atoms with van der Waals surface area (Å²) in [7, 11) is -3.07. The van der Waals surface area contributed by atoms with Crippen molar-refractivity contribution in [3.63, 3.8) is 0 Å². The smallest absolute Gasteiger partial charge is 0.256 e. The minimum Gasteiger partial charge on any atom is -0.431 e. The Kier molecular flexibility index (Phi) is 5.65. The SMILES string of the molecule is Cc1cc(NC(=O)CSc2ncc(-c3ccc(F)cc3)o2)n(C2CCS(=O)(=O)C2)n1. The lowest BCUT2D eigenvalue weighted by molar-refractivity contribution is -0.113. The quantitative estimate of drug-likeness (QED) is 0.575. The molecule has 1 saturated heterocycles. The lowest BCUT2D eigenvalue weighted by atomic mass is 10.2. The van der Waals surface area contributed by atoms with Crippen LogP contribution in [-0.4, -0.2) is 46.3 Å². The minimum atomic E-state index is -3.07. The molecule has 1 atom stereocenters. The van der Waals surface area contributed by atoms with Crippen molar-refractivity contribution in [3.05, 3.63) is 48.0 Å². The summed E-state index contributed by atoms with van der Waals surface area (Å²) >= 11 is 1.12. The Hall–Kier alpha value is -2.66. The van der Waals surface area contributed by atoms with E-state index in [0.717, 1.165) is 11.8 Å². The lowest BCUT2D eigenvalue weighted by Gasteiger charge is -2.13. The van der Waals surface area contributed by atoms with Gasteiger partial charge in [-0.25, -0.2) is 22.5 Å². The third-order valence-electron chi connectivity index (χ3n) is 4.62. The van der Waals surface area contributed by atoms with E-state index in [1.807, 2.05) is 0 Å². The molecule has 11 heteroatoms. The summed E-state index contributed by atoms with van der Waals surface area (Å²) in [6, 6.07) is 7.27. The molecule has 0 bridgehead atoms. The zero-order valence-electron chi connectivity index (χ0n) is 16.0. The van der Waals surface area contributed by atoms with Crippen LogP contribution in [0.1, 0.15) is 18.2 Å². The second-order valence-electron chi connectivity index (χ2n) is 7.01. The summed E-state index contributed by atoms with van der Waals surface area (Å²) in [6.45, 7) is 1.79. The number of carbonyl (C=O) groups excluding carboxylic acids is 1. The van der Waals surface area contributed by atoms with E-state index < -0.39 is 9.84 Å². The summed E-state index contributed by atoms with van der Waals surface area (Å²) in [5, 5.41) is 7.45. The third kappa shape index (κ3) is 4.73. The summed E-state index contributed by atoms with van der Waals surface area (Å²) in [5.74, 6) is 0.525. The first-order chi connectivity index (χ1) is 14.3. The van der Waals surface area contributed by atoms with E-state index in [2.05, 4.69) is 15.4 Å². The highest BCUT2D eigenvalue weighted by Gasteiger charge is 2.31. The average molecular weight is 451 g/mol. The van der Waals surface area contributed by atoms with Crippen LogP contribution in [-0.2, 0) is 14.6 Å². The van der Waals surface area contributed by atoms with Crippen molar-refractivity contribution < 1.29 is 22.0 Å². The number of hydrogen-bond donors (Lipinski definition) is 1. The number of anilines is 1. The Labute approximate surface area is 176 Å². The first kappa shape index (κ1) is 20.6. The van der Waals surface area contributed by atoms with Crippen LogP contribution in [0.15, 0.2) is 46.2 Å². The van der Waals surface area contributed by atoms with Crippen molar-refractivity contribution in [2.45, 2.75) is 24.6 Å². The number of nitrogens with zero attached hydrogens (tertiary/aromatic N) is 3. The van der Waals surface area contributed by atoms with Gasteiger partial charge in [-0.15, -0.1) is 0 Å². The maximum atomic E-state index is 13.0. The fourth-order valence-electron chi connectivity index (χ4n) is 3.24. The van der Waals surface area contributed by atoms with Crippen LogP contribution in [0.5, 0.6) is 0 Å². The number of sulfone groups is 1. The van der Waals surface area contributed by atoms with Crippen molar-refractivity contribution in [1.29, 1.82) is 0 Å². The first-order valence-corrected chi connectivity index (χ1v) is 12.0. The third-order valence-corrected chi connectivity index (χ3v) is 7.21. The normalized spacial score (nSPS) is 17.9. The number of amides is 1. The van der Waals surface area contributed by atoms with Crippen LogP contribution in [0.25, 0.3) is 11.3 Å². The van der Waals surface area contributed by atoms with Crippen LogP contribution in [0.4, 0.5) is 10.2 Å². The number of halogens is 1. The molecule has 3 aromatic rings. The number of oxazole rings is 1. The van der Waals surface area contributed by atoms with Crippen molar-refractivity contribution >= 4 is 33.3 Å². The second kappa shape index (κ2) is 8.23. The zero-order chi connectivity index (χ0) is 21.3. The molecule has 4 rings (SSSR count). The van der Waals surface area contributed by atoms with E-state index in [4.69, 9.17) is 4.42 Å². The molecule has 1 aliphatic rings. The molecule has 8 nitrogen and oxygen atoms in total. The van der Waals surface area contributed by atoms with Gasteiger partial charge in [0.25, 0.3) is 5.22 Å². The van der Waals surface area contributed by atoms with Crippen LogP contribution < -0.4 is 5.32 Å². The summed E-state index contributed by atoms with van der Waals surface area (Å²) in [6.07, 6.45) is 2.00. The highest BCUT2D eigenvalue weighted by molar-refractivity contribution is 7.99. The Morgan fingerprint density at radius 2 is 2.13 bits per heavy atom. The molecule has 30 heavy (non-hydrogen) atoms. The molecule has 0 spiro atoms. The molecule has 1 unspecified atom stereocenters. The molecular formula is C19H19FN4O4S2. The number of hydrogen-bond acceptors (Lipinski definition) is 7. The molecule has 1 aromatic carbocycles. The summed E-state index contributed by atoms with van der Waals surface area (Å²) in [4.78, 5) is 16.5. The molecule has 1 amide bonds. The van der Waals surface area contributed by atoms with E-state index in [9.17, 15) is 17.6 Å². The maximum Gasteiger partial charge on any atom is 0.256 e. The highest BCUT2D eigenvalue weighted by atomic mass is 32.2. The molecule has 1 N–H and O–H groups in total. The van der Waals surface area contributed by atoms with E-state index in [-0.39, 0.29) is 35.0 Å². The maximum absolute atomic E-state index is 13.0. The first-order valence-electron chi connectivity index (χ1n) is 9.20. The topological polar surface area (TPSA) is 107 Å². The molecule has 0 saturated carbocycles. The number of rotatable bonds is 6. The molecular weight excluding hydrogens is 431 g/mol. The lowest BCUT2D eigenvalue weighted by Crippen LogP contribution is -2.20. The summed E-state index contributed by atoms with van der Waals surface area (Å²) in [5.41, 5.74) is 1.38. The van der Waals surface area contributed by atoms with E-state index in [0.29, 0.717) is 34.5 Å². The second-order valence-corrected chi connectivity index (χ2v) is 10.2. The van der Waals surface area contributed by atoms with Crippen LogP contribution in [0.2, 0.25) is 0 Å². The van der Waals surface area contributed by atoms with Gasteiger partial charge in [-0.1, -0.05) is 11.8 Å². The van der Waals surface area contributed by atoms with Crippen LogP contribution in [0, 0.1) is 12.7 Å². The van der Waals surface area contributed by atoms with Gasteiger partial charge < -0.3 is 9.73 Å². The van der Waals surface area contributed by atoms with Gasteiger partial charge in [-0.3, -0.25) is 4.79 Å². The predicted molar refractivity (Wildman–Crippen MR) is 111 cm³/mol. The Bertz CT molecular complexity index is 1170. The van der Waals surface area contributed by atoms with Gasteiger partial charge in [0.1, 0.15) is 11.6 Å². The number of aromatic nitrogens is 3. The van der Waals surface area contributed by atoms with Gasteiger partial charge in [0.05, 0.1) is 35.2 Å². The van der Waals surface area contributed by atoms with Crippen molar-refractivity contribution in [3.8, 4) is 11.3 Å². The van der Waals surface area contributed by atoms with E-state index >= 15 is 0 Å². The Balaban J connectivity index is 1.37. The summed E-state index contributed by atoms with van der Waals surface area (Å²) < 4.78 is 43.8. The van der Waals surface area contributed by atoms with Crippen molar-refractivity contribution in [1.82, 2.24) is 14.8 Å². The monoisotopic (exact) mass is 450 g/mol. The Morgan fingerprint density at radius 1 is 1.37 bits per heavy atom. The fourth-order valence-corrected chi connectivity index (χ4v) is 5.53. The molecule has 2 aromatic heterocycles. The van der Waals surface area contributed by atoms with Gasteiger partial charge in [-0.05, 0) is 37.6 Å². The van der Waals surface area contributed by atoms with Crippen LogP contribution in [0.3, 0.4) is 0 Å². The molecule has 3 heterocycles. The molecule has 1 aliphatic heterocycles. The van der Waals surface area contributed by atoms with E-state index in [1.165, 1.54) is 18.3 Å². The number of thioether (sulfide) groups is 1. The number of aryl methyl sites for hydroxylation is 1. The fraction of sp³-hybridized carbons (Fsp3) is 0.316. The van der Waals surface area contributed by atoms with Crippen molar-refractivity contribution in [2.24, 2.45) is 0 Å². The molecule has 158 valence electrons. The number of nitrogens with one attached hydrogen (secondary N) is 1. The predicted octanol–water partition coefficient (Wildman–Crippen LogP) is 3.08. The number of carbonyl (C=O) groups is 1. The standard InChI is InChI=1S/C19H19FN4O4S2/c1-12-8-17(24(23-12)15-6-7-30(26,27)11-15)22-18(25)10-29-19-21-9-16(28-19)13-2-4-14(20)5-3-13/h2-5,8-9,15H,6-7,10-11H2,1H3,(H,22,25). The minimum absolute atomic E-state index is 0.0220. The number of benzene rings is 1. The van der Waals surface area contributed by atoms with Gasteiger partial charge in [0.2, 0.25) is 5.91 Å². The average Bonchev–Trinajstić information content (AvgIpc) is 3.39. The molecule has 0 aliphatic carbocycles. The van der Waals surface area contributed by atoms with Gasteiger partial charge in [-0.2, -0.15) is 5.10 Å². The molecule has 1 fully saturated rings. The molecule has 0 radical (unpaired) electrons. The largest absolute Gasteiger partial charge is 0.431 e. The van der Waals surface area contributed by atoms with Gasteiger partial charge in [0, 0.05) is 11.6 Å². The van der Waals surface area contributed by atoms with Crippen LogP contribution >= 0.6 is 11.8 Å². The van der Waals surface area contributed by atoms with Gasteiger partial charge in [0.15, 0.2) is 15.6 Å². The highest BCUT2D eigenvalue weighted by Crippen LogP contribution is 2.28. The van der Waals surface area contributed by atoms with E-state index in [1.54, 1.807) is 29.8 Å². The van der Waals surface area contributed by atoms with Gasteiger partial charge >= 0.3 is 0 Å². The van der Waals surface area contributed by atoms with Crippen molar-refractivity contribution in [2.75, 3.05) is 22.6 Å².